The van der Waals surface area contributed by atoms with Gasteiger partial charge in [0.25, 0.3) is 0 Å². The normalized spacial score (nSPS) is 15.2. The van der Waals surface area contributed by atoms with Gasteiger partial charge < -0.3 is 4.74 Å². The number of hydrogen-bond acceptors (Lipinski definition) is 3. The van der Waals surface area contributed by atoms with Gasteiger partial charge in [-0.05, 0) is 6.92 Å². The first-order valence-corrected chi connectivity index (χ1v) is 3.90. The Balaban J connectivity index is 2.53. The van der Waals surface area contributed by atoms with E-state index in [1.165, 1.54) is 0 Å². The average Bonchev–Trinajstić information content (AvgIpc) is 2.04. The Morgan fingerprint density at radius 3 is 3.25 bits per heavy atom. The highest BCUT2D eigenvalue weighted by Crippen LogP contribution is 2.23. The molecular formula is C9H9NO2. The first kappa shape index (κ1) is 7.28. The number of aryl methyl sites for hydroxylation is 1. The van der Waals surface area contributed by atoms with Crippen molar-refractivity contribution in [2.45, 2.75) is 13.3 Å². The molecule has 12 heavy (non-hydrogen) atoms. The predicted octanol–water partition coefficient (Wildman–Crippen LogP) is 1.36. The van der Waals surface area contributed by atoms with E-state index in [0.717, 1.165) is 5.69 Å². The van der Waals surface area contributed by atoms with E-state index in [9.17, 15) is 4.79 Å². The summed E-state index contributed by atoms with van der Waals surface area (Å²) in [6.45, 7) is 2.37. The minimum atomic E-state index is 0.128. The highest BCUT2D eigenvalue weighted by atomic mass is 16.5. The minimum absolute atomic E-state index is 0.128. The number of Topliss-reactive ketones (excluding diaryl/α,β-unsaturated/α-hetero) is 1. The van der Waals surface area contributed by atoms with Crippen molar-refractivity contribution in [2.75, 3.05) is 6.61 Å². The van der Waals surface area contributed by atoms with Gasteiger partial charge in [0, 0.05) is 24.4 Å². The number of nitrogens with zero attached hydrogens (tertiary/aromatic N) is 1. The second-order valence-corrected chi connectivity index (χ2v) is 2.84. The van der Waals surface area contributed by atoms with Crippen molar-refractivity contribution in [3.8, 4) is 5.75 Å². The summed E-state index contributed by atoms with van der Waals surface area (Å²) in [5, 5.41) is 0. The third-order valence-corrected chi connectivity index (χ3v) is 1.89. The molecule has 0 spiro atoms. The molecule has 3 nitrogen and oxygen atoms in total. The van der Waals surface area contributed by atoms with Crippen LogP contribution in [0, 0.1) is 6.92 Å². The van der Waals surface area contributed by atoms with E-state index < -0.39 is 0 Å². The number of hydrogen-bond donors (Lipinski definition) is 0. The molecule has 62 valence electrons. The SMILES string of the molecule is Cc1cc2c(cn1)C(=O)CCO2. The number of pyridine rings is 1. The summed E-state index contributed by atoms with van der Waals surface area (Å²) in [5.74, 6) is 0.808. The molecule has 0 fully saturated rings. The van der Waals surface area contributed by atoms with Gasteiger partial charge in [0.15, 0.2) is 5.78 Å². The summed E-state index contributed by atoms with van der Waals surface area (Å²) in [6, 6.07) is 1.80. The van der Waals surface area contributed by atoms with Crippen molar-refractivity contribution in [1.29, 1.82) is 0 Å². The minimum Gasteiger partial charge on any atom is -0.492 e. The standard InChI is InChI=1S/C9H9NO2/c1-6-4-9-7(5-10-6)8(11)2-3-12-9/h4-5H,2-3H2,1H3. The van der Waals surface area contributed by atoms with E-state index in [1.54, 1.807) is 12.3 Å². The number of ether oxygens (including phenoxy) is 1. The number of carbonyl (C=O) groups is 1. The Bertz CT molecular complexity index is 333. The fourth-order valence-corrected chi connectivity index (χ4v) is 1.25. The zero-order valence-corrected chi connectivity index (χ0v) is 6.83. The predicted molar refractivity (Wildman–Crippen MR) is 43.4 cm³/mol. The zero-order valence-electron chi connectivity index (χ0n) is 6.83. The summed E-state index contributed by atoms with van der Waals surface area (Å²) in [4.78, 5) is 15.3. The molecule has 0 amide bonds. The van der Waals surface area contributed by atoms with Gasteiger partial charge in [-0.25, -0.2) is 0 Å². The highest BCUT2D eigenvalue weighted by molar-refractivity contribution is 5.99. The van der Waals surface area contributed by atoms with E-state index in [1.807, 2.05) is 6.92 Å². The Morgan fingerprint density at radius 2 is 2.42 bits per heavy atom. The number of ketones is 1. The summed E-state index contributed by atoms with van der Waals surface area (Å²) in [6.07, 6.45) is 2.06. The van der Waals surface area contributed by atoms with Crippen LogP contribution in [0.2, 0.25) is 0 Å². The molecule has 0 aromatic carbocycles. The van der Waals surface area contributed by atoms with Crippen LogP contribution < -0.4 is 4.74 Å². The Kier molecular flexibility index (Phi) is 1.57. The number of carbonyl (C=O) groups excluding carboxylic acids is 1. The topological polar surface area (TPSA) is 39.2 Å². The maximum absolute atomic E-state index is 11.3. The lowest BCUT2D eigenvalue weighted by molar-refractivity contribution is 0.0933. The quantitative estimate of drug-likeness (QED) is 0.579. The zero-order chi connectivity index (χ0) is 8.55. The van der Waals surface area contributed by atoms with Crippen LogP contribution in [0.3, 0.4) is 0 Å². The van der Waals surface area contributed by atoms with E-state index in [0.29, 0.717) is 24.3 Å². The molecule has 0 aliphatic carbocycles. The molecule has 2 heterocycles. The number of fused-ring (bicyclic) bond motifs is 1. The summed E-state index contributed by atoms with van der Waals surface area (Å²) in [5.41, 5.74) is 1.50. The van der Waals surface area contributed by atoms with Gasteiger partial charge in [-0.1, -0.05) is 0 Å². The molecule has 1 aromatic heterocycles. The van der Waals surface area contributed by atoms with Gasteiger partial charge in [0.2, 0.25) is 0 Å². The largest absolute Gasteiger partial charge is 0.492 e. The lowest BCUT2D eigenvalue weighted by Crippen LogP contribution is -2.15. The number of rotatable bonds is 0. The third-order valence-electron chi connectivity index (χ3n) is 1.89. The molecule has 0 radical (unpaired) electrons. The third kappa shape index (κ3) is 1.07. The van der Waals surface area contributed by atoms with E-state index in [2.05, 4.69) is 4.98 Å². The first-order valence-electron chi connectivity index (χ1n) is 3.90. The van der Waals surface area contributed by atoms with Gasteiger partial charge in [-0.3, -0.25) is 9.78 Å². The van der Waals surface area contributed by atoms with Crippen LogP contribution in [0.1, 0.15) is 22.5 Å². The monoisotopic (exact) mass is 163 g/mol. The van der Waals surface area contributed by atoms with Gasteiger partial charge in [-0.15, -0.1) is 0 Å². The first-order chi connectivity index (χ1) is 5.77. The Hall–Kier alpha value is -1.38. The molecule has 0 saturated heterocycles. The average molecular weight is 163 g/mol. The Morgan fingerprint density at radius 1 is 1.58 bits per heavy atom. The summed E-state index contributed by atoms with van der Waals surface area (Å²) < 4.78 is 5.31. The lowest BCUT2D eigenvalue weighted by atomic mass is 10.1. The van der Waals surface area contributed by atoms with Crippen LogP contribution in [0.5, 0.6) is 5.75 Å². The maximum Gasteiger partial charge on any atom is 0.171 e. The molecule has 1 aliphatic heterocycles. The van der Waals surface area contributed by atoms with Gasteiger partial charge >= 0.3 is 0 Å². The van der Waals surface area contributed by atoms with Crippen LogP contribution in [0.25, 0.3) is 0 Å². The van der Waals surface area contributed by atoms with Crippen LogP contribution in [-0.4, -0.2) is 17.4 Å². The molecular weight excluding hydrogens is 154 g/mol. The van der Waals surface area contributed by atoms with E-state index >= 15 is 0 Å². The molecule has 0 N–H and O–H groups in total. The molecule has 0 atom stereocenters. The number of aromatic nitrogens is 1. The molecule has 0 saturated carbocycles. The highest BCUT2D eigenvalue weighted by Gasteiger charge is 2.18. The van der Waals surface area contributed by atoms with E-state index in [-0.39, 0.29) is 5.78 Å². The van der Waals surface area contributed by atoms with Crippen molar-refractivity contribution in [3.05, 3.63) is 23.5 Å². The Labute approximate surface area is 70.4 Å². The van der Waals surface area contributed by atoms with Gasteiger partial charge in [-0.2, -0.15) is 0 Å². The van der Waals surface area contributed by atoms with Crippen molar-refractivity contribution >= 4 is 5.78 Å². The van der Waals surface area contributed by atoms with Gasteiger partial charge in [0.1, 0.15) is 5.75 Å². The van der Waals surface area contributed by atoms with Crippen molar-refractivity contribution in [2.24, 2.45) is 0 Å². The van der Waals surface area contributed by atoms with Crippen LogP contribution in [0.15, 0.2) is 12.3 Å². The van der Waals surface area contributed by atoms with Crippen LogP contribution >= 0.6 is 0 Å². The fraction of sp³-hybridized carbons (Fsp3) is 0.333. The van der Waals surface area contributed by atoms with E-state index in [4.69, 9.17) is 4.74 Å². The van der Waals surface area contributed by atoms with Crippen molar-refractivity contribution in [1.82, 2.24) is 4.98 Å². The second kappa shape index (κ2) is 2.59. The second-order valence-electron chi connectivity index (χ2n) is 2.84. The molecule has 0 bridgehead atoms. The molecule has 1 aliphatic rings. The van der Waals surface area contributed by atoms with Crippen LogP contribution in [-0.2, 0) is 0 Å². The smallest absolute Gasteiger partial charge is 0.171 e. The van der Waals surface area contributed by atoms with Gasteiger partial charge in [0.05, 0.1) is 12.2 Å². The molecule has 3 heteroatoms. The fourth-order valence-electron chi connectivity index (χ4n) is 1.25. The summed E-state index contributed by atoms with van der Waals surface area (Å²) >= 11 is 0. The maximum atomic E-state index is 11.3. The summed E-state index contributed by atoms with van der Waals surface area (Å²) in [7, 11) is 0. The molecule has 0 unspecified atom stereocenters. The van der Waals surface area contributed by atoms with Crippen molar-refractivity contribution in [3.63, 3.8) is 0 Å². The lowest BCUT2D eigenvalue weighted by Gasteiger charge is -2.15. The molecule has 1 aromatic rings. The van der Waals surface area contributed by atoms with Crippen molar-refractivity contribution < 1.29 is 9.53 Å². The molecule has 2 rings (SSSR count). The van der Waals surface area contributed by atoms with Crippen LogP contribution in [0.4, 0.5) is 0 Å².